The summed E-state index contributed by atoms with van der Waals surface area (Å²) in [5.74, 6) is 1.31. The number of rotatable bonds is 9. The van der Waals surface area contributed by atoms with Crippen LogP contribution in [0.1, 0.15) is 106 Å². The van der Waals surface area contributed by atoms with Gasteiger partial charge in [-0.2, -0.15) is 0 Å². The van der Waals surface area contributed by atoms with E-state index < -0.39 is 5.97 Å². The van der Waals surface area contributed by atoms with E-state index in [0.717, 1.165) is 32.1 Å². The molecule has 3 aliphatic rings. The van der Waals surface area contributed by atoms with Crippen molar-refractivity contribution in [1.82, 2.24) is 0 Å². The van der Waals surface area contributed by atoms with E-state index in [4.69, 9.17) is 0 Å². The second kappa shape index (κ2) is 9.30. The number of carboxylic acids is 1. The predicted octanol–water partition coefficient (Wildman–Crippen LogP) is 6.87. The van der Waals surface area contributed by atoms with Gasteiger partial charge in [0.15, 0.2) is 0 Å². The first-order valence-electron chi connectivity index (χ1n) is 13.2. The van der Waals surface area contributed by atoms with E-state index in [2.05, 4.69) is 47.6 Å². The summed E-state index contributed by atoms with van der Waals surface area (Å²) in [4.78, 5) is 36.7. The third-order valence-electron chi connectivity index (χ3n) is 10.4. The molecule has 0 bridgehead atoms. The lowest BCUT2D eigenvalue weighted by molar-refractivity contribution is -0.140. The summed E-state index contributed by atoms with van der Waals surface area (Å²) >= 11 is 0. The van der Waals surface area contributed by atoms with Crippen molar-refractivity contribution in [2.45, 2.75) is 106 Å². The fourth-order valence-corrected chi connectivity index (χ4v) is 8.49. The van der Waals surface area contributed by atoms with Crippen LogP contribution in [0.25, 0.3) is 0 Å². The Balaban J connectivity index is 1.90. The topological polar surface area (TPSA) is 71.4 Å². The van der Waals surface area contributed by atoms with Crippen LogP contribution in [0, 0.1) is 45.8 Å². The summed E-state index contributed by atoms with van der Waals surface area (Å²) in [5.41, 5.74) is 1.39. The summed E-state index contributed by atoms with van der Waals surface area (Å²) in [6, 6.07) is 0. The maximum absolute atomic E-state index is 12.6. The number of fused-ring (bicyclic) bond motifs is 3. The quantitative estimate of drug-likeness (QED) is 0.383. The van der Waals surface area contributed by atoms with Crippen molar-refractivity contribution in [1.29, 1.82) is 0 Å². The van der Waals surface area contributed by atoms with Crippen LogP contribution in [-0.4, -0.2) is 22.6 Å². The zero-order chi connectivity index (χ0) is 24.8. The molecule has 0 aromatic rings. The first kappa shape index (κ1) is 26.2. The van der Waals surface area contributed by atoms with E-state index in [1.807, 2.05) is 0 Å². The lowest BCUT2D eigenvalue weighted by Gasteiger charge is -2.60. The van der Waals surface area contributed by atoms with Crippen molar-refractivity contribution in [3.63, 3.8) is 0 Å². The summed E-state index contributed by atoms with van der Waals surface area (Å²) in [6.07, 6.45) is 9.51. The number of allylic oxidation sites excluding steroid dienone is 2. The molecule has 0 radical (unpaired) electrons. The fourth-order valence-electron chi connectivity index (χ4n) is 8.49. The molecule has 1 N–H and O–H groups in total. The van der Waals surface area contributed by atoms with Crippen molar-refractivity contribution in [2.24, 2.45) is 45.8 Å². The Bertz CT molecular complexity index is 825. The second-order valence-corrected chi connectivity index (χ2v) is 12.8. The van der Waals surface area contributed by atoms with Gasteiger partial charge >= 0.3 is 5.97 Å². The molecular formula is C29H46O4. The van der Waals surface area contributed by atoms with Gasteiger partial charge in [0.2, 0.25) is 0 Å². The Morgan fingerprint density at radius 1 is 1.06 bits per heavy atom. The molecule has 0 aromatic heterocycles. The number of Topliss-reactive ketones (excluding diaryl/α,β-unsaturated/α-hetero) is 2. The van der Waals surface area contributed by atoms with Crippen molar-refractivity contribution in [2.75, 3.05) is 0 Å². The van der Waals surface area contributed by atoms with Crippen LogP contribution in [0.4, 0.5) is 0 Å². The molecule has 4 heteroatoms. The highest BCUT2D eigenvalue weighted by Crippen LogP contribution is 2.71. The molecule has 33 heavy (non-hydrogen) atoms. The summed E-state index contributed by atoms with van der Waals surface area (Å²) in [7, 11) is 0. The molecule has 3 rings (SSSR count). The van der Waals surface area contributed by atoms with Crippen LogP contribution in [0.2, 0.25) is 0 Å². The lowest BCUT2D eigenvalue weighted by atomic mass is 9.44. The third-order valence-corrected chi connectivity index (χ3v) is 10.4. The Kier molecular flexibility index (Phi) is 7.37. The van der Waals surface area contributed by atoms with Gasteiger partial charge in [0.1, 0.15) is 11.6 Å². The molecule has 0 heterocycles. The van der Waals surface area contributed by atoms with Gasteiger partial charge in [0.05, 0.1) is 0 Å². The molecular weight excluding hydrogens is 412 g/mol. The zero-order valence-electron chi connectivity index (χ0n) is 22.0. The highest BCUT2D eigenvalue weighted by Gasteiger charge is 2.63. The number of hydrogen-bond donors (Lipinski definition) is 1. The molecule has 4 nitrogen and oxygen atoms in total. The smallest absolute Gasteiger partial charge is 0.303 e. The largest absolute Gasteiger partial charge is 0.481 e. The monoisotopic (exact) mass is 458 g/mol. The Morgan fingerprint density at radius 3 is 2.30 bits per heavy atom. The van der Waals surface area contributed by atoms with Gasteiger partial charge in [-0.05, 0) is 85.4 Å². The summed E-state index contributed by atoms with van der Waals surface area (Å²) in [5, 5.41) is 9.42. The van der Waals surface area contributed by atoms with E-state index in [-0.39, 0.29) is 40.3 Å². The van der Waals surface area contributed by atoms with Crippen LogP contribution in [0.3, 0.4) is 0 Å². The average molecular weight is 459 g/mol. The fraction of sp³-hybridized carbons (Fsp3) is 0.828. The molecule has 186 valence electrons. The number of carboxylic acid groups (broad SMARTS) is 1. The van der Waals surface area contributed by atoms with Gasteiger partial charge in [0.25, 0.3) is 0 Å². The Hall–Kier alpha value is -1.45. The highest BCUT2D eigenvalue weighted by atomic mass is 16.4. The van der Waals surface area contributed by atoms with Crippen LogP contribution >= 0.6 is 0 Å². The van der Waals surface area contributed by atoms with E-state index in [9.17, 15) is 19.5 Å². The number of carbonyl (C=O) groups is 3. The maximum Gasteiger partial charge on any atom is 0.303 e. The lowest BCUT2D eigenvalue weighted by Crippen LogP contribution is -2.53. The van der Waals surface area contributed by atoms with Crippen LogP contribution < -0.4 is 0 Å². The molecule has 7 atom stereocenters. The van der Waals surface area contributed by atoms with Gasteiger partial charge in [-0.15, -0.1) is 0 Å². The minimum Gasteiger partial charge on any atom is -0.481 e. The van der Waals surface area contributed by atoms with Crippen molar-refractivity contribution in [3.05, 3.63) is 11.6 Å². The van der Waals surface area contributed by atoms with Crippen molar-refractivity contribution in [3.8, 4) is 0 Å². The number of hydrogen-bond acceptors (Lipinski definition) is 3. The van der Waals surface area contributed by atoms with Gasteiger partial charge in [-0.25, -0.2) is 0 Å². The first-order chi connectivity index (χ1) is 15.3. The van der Waals surface area contributed by atoms with E-state index in [0.29, 0.717) is 42.8 Å². The standard InChI is InChI=1S/C29H46O4/c1-18(2)16-21(31)17-19(3)22-10-14-29(7)25-9-8-23(20(4)30)27(5,13-12-26(32)33)24(25)11-15-28(22,29)6/h9,18-19,22-24H,8,10-17H2,1-7H3,(H,32,33)/t19-,22-,23-,24-,27-,28-,29+/m0/s1. The molecule has 2 saturated carbocycles. The maximum atomic E-state index is 12.6. The Labute approximate surface area is 201 Å². The van der Waals surface area contributed by atoms with Gasteiger partial charge < -0.3 is 5.11 Å². The molecule has 0 amide bonds. The molecule has 3 aliphatic carbocycles. The Morgan fingerprint density at radius 2 is 1.73 bits per heavy atom. The molecule has 0 saturated heterocycles. The van der Waals surface area contributed by atoms with Gasteiger partial charge in [0, 0.05) is 25.2 Å². The molecule has 0 unspecified atom stereocenters. The third kappa shape index (κ3) is 4.48. The van der Waals surface area contributed by atoms with Crippen LogP contribution in [0.15, 0.2) is 11.6 Å². The molecule has 2 fully saturated rings. The number of ketones is 2. The first-order valence-corrected chi connectivity index (χ1v) is 13.2. The zero-order valence-corrected chi connectivity index (χ0v) is 22.0. The number of carbonyl (C=O) groups excluding carboxylic acids is 2. The SMILES string of the molecule is CC(=O)[C@@H]1CC=C2[C@H](CC[C@@]3(C)[C@H]([C@@H](C)CC(=O)CC(C)C)CC[C@]23C)[C@@]1(C)CCC(=O)O. The van der Waals surface area contributed by atoms with Crippen LogP contribution in [-0.2, 0) is 14.4 Å². The second-order valence-electron chi connectivity index (χ2n) is 12.8. The van der Waals surface area contributed by atoms with Crippen molar-refractivity contribution < 1.29 is 19.5 Å². The predicted molar refractivity (Wildman–Crippen MR) is 132 cm³/mol. The van der Waals surface area contributed by atoms with Crippen molar-refractivity contribution >= 4 is 17.5 Å². The van der Waals surface area contributed by atoms with Crippen LogP contribution in [0.5, 0.6) is 0 Å². The summed E-state index contributed by atoms with van der Waals surface area (Å²) in [6.45, 7) is 15.3. The average Bonchev–Trinajstić information content (AvgIpc) is 2.97. The normalized spacial score (nSPS) is 38.9. The molecule has 0 aromatic carbocycles. The van der Waals surface area contributed by atoms with E-state index in [1.165, 1.54) is 5.57 Å². The van der Waals surface area contributed by atoms with E-state index >= 15 is 0 Å². The highest BCUT2D eigenvalue weighted by molar-refractivity contribution is 5.80. The number of aliphatic carboxylic acids is 1. The minimum absolute atomic E-state index is 0.0577. The molecule has 0 aliphatic heterocycles. The van der Waals surface area contributed by atoms with E-state index in [1.54, 1.807) is 6.92 Å². The van der Waals surface area contributed by atoms with Gasteiger partial charge in [-0.1, -0.05) is 53.2 Å². The molecule has 0 spiro atoms. The van der Waals surface area contributed by atoms with Gasteiger partial charge in [-0.3, -0.25) is 14.4 Å². The summed E-state index contributed by atoms with van der Waals surface area (Å²) < 4.78 is 0. The minimum atomic E-state index is -0.776.